The molecule has 0 saturated heterocycles. The molecule has 1 amide bonds. The molecule has 2 saturated carbocycles. The number of rotatable bonds is 7. The van der Waals surface area contributed by atoms with Gasteiger partial charge in [0.25, 0.3) is 5.91 Å². The first-order valence-corrected chi connectivity index (χ1v) is 14.0. The highest BCUT2D eigenvalue weighted by Gasteiger charge is 2.56. The van der Waals surface area contributed by atoms with Gasteiger partial charge in [0.05, 0.1) is 20.8 Å². The van der Waals surface area contributed by atoms with Crippen LogP contribution in [0.15, 0.2) is 41.3 Å². The van der Waals surface area contributed by atoms with Crippen LogP contribution in [0.25, 0.3) is 0 Å². The van der Waals surface area contributed by atoms with Gasteiger partial charge in [-0.05, 0) is 88.7 Å². The summed E-state index contributed by atoms with van der Waals surface area (Å²) in [6.45, 7) is 4.60. The van der Waals surface area contributed by atoms with Crippen molar-refractivity contribution in [3.05, 3.63) is 58.6 Å². The third kappa shape index (κ3) is 5.03. The number of sulfone groups is 1. The summed E-state index contributed by atoms with van der Waals surface area (Å²) in [6.07, 6.45) is 2.18. The Labute approximate surface area is 215 Å². The number of aliphatic hydroxyl groups is 1. The van der Waals surface area contributed by atoms with Crippen LogP contribution in [-0.2, 0) is 9.84 Å². The summed E-state index contributed by atoms with van der Waals surface area (Å²) in [4.78, 5) is 14.7. The molecule has 0 heterocycles. The molecule has 2 aliphatic rings. The van der Waals surface area contributed by atoms with E-state index < -0.39 is 38.2 Å². The van der Waals surface area contributed by atoms with Gasteiger partial charge in [-0.15, -0.1) is 0 Å². The van der Waals surface area contributed by atoms with Gasteiger partial charge in [-0.2, -0.15) is 0 Å². The third-order valence-corrected chi connectivity index (χ3v) is 10.5. The highest BCUT2D eigenvalue weighted by atomic mass is 35.5. The van der Waals surface area contributed by atoms with Crippen LogP contribution in [0.1, 0.15) is 49.9 Å². The minimum Gasteiger partial charge on any atom is -0.388 e. The molecule has 6 nitrogen and oxygen atoms in total. The third-order valence-electron chi connectivity index (χ3n) is 7.87. The molecule has 1 unspecified atom stereocenters. The van der Waals surface area contributed by atoms with Crippen LogP contribution in [0.3, 0.4) is 0 Å². The number of carbonyl (C=O) groups is 1. The van der Waals surface area contributed by atoms with Gasteiger partial charge in [0, 0.05) is 29.9 Å². The fraction of sp³-hybridized carbons (Fsp3) is 0.500. The average Bonchev–Trinajstić information content (AvgIpc) is 2.98. The van der Waals surface area contributed by atoms with E-state index in [4.69, 9.17) is 11.6 Å². The number of nitrogens with zero attached hydrogens (tertiary/aromatic N) is 1. The zero-order valence-electron chi connectivity index (χ0n) is 20.5. The van der Waals surface area contributed by atoms with Crippen molar-refractivity contribution in [3.63, 3.8) is 0 Å². The quantitative estimate of drug-likeness (QED) is 0.521. The number of fused-ring (bicyclic) bond motifs is 2. The first kappa shape index (κ1) is 27.0. The number of halogens is 3. The van der Waals surface area contributed by atoms with Crippen LogP contribution in [0.4, 0.5) is 14.5 Å². The molecule has 0 aliphatic heterocycles. The summed E-state index contributed by atoms with van der Waals surface area (Å²) in [5.74, 6) is -3.12. The van der Waals surface area contributed by atoms with Crippen molar-refractivity contribution in [2.24, 2.45) is 11.8 Å². The molecular formula is C26H31ClF2N2O4S. The SMILES string of the molecule is CC(C)N(C)C[C@@]1(O)C2CC[C@H]1C[C@H](S(=O)(=O)c1cc(C(=O)Nc3ccc(F)c(F)c3)ccc1Cl)C2. The van der Waals surface area contributed by atoms with E-state index in [1.54, 1.807) is 0 Å². The fourth-order valence-electron chi connectivity index (χ4n) is 5.52. The van der Waals surface area contributed by atoms with Crippen molar-refractivity contribution in [1.82, 2.24) is 4.90 Å². The molecule has 2 fully saturated rings. The Hall–Kier alpha value is -2.07. The number of anilines is 1. The molecule has 4 rings (SSSR count). The Morgan fingerprint density at radius 2 is 1.78 bits per heavy atom. The molecule has 10 heteroatoms. The van der Waals surface area contributed by atoms with Crippen LogP contribution in [0.5, 0.6) is 0 Å². The smallest absolute Gasteiger partial charge is 0.255 e. The van der Waals surface area contributed by atoms with Crippen molar-refractivity contribution in [2.75, 3.05) is 18.9 Å². The van der Waals surface area contributed by atoms with Crippen LogP contribution < -0.4 is 5.32 Å². The molecule has 196 valence electrons. The summed E-state index contributed by atoms with van der Waals surface area (Å²) in [6, 6.07) is 7.15. The van der Waals surface area contributed by atoms with E-state index in [9.17, 15) is 27.1 Å². The molecule has 4 atom stereocenters. The number of benzene rings is 2. The average molecular weight is 541 g/mol. The van der Waals surface area contributed by atoms with E-state index in [-0.39, 0.29) is 39.0 Å². The summed E-state index contributed by atoms with van der Waals surface area (Å²) in [7, 11) is -1.94. The maximum atomic E-state index is 13.7. The predicted molar refractivity (Wildman–Crippen MR) is 135 cm³/mol. The van der Waals surface area contributed by atoms with Gasteiger partial charge in [-0.1, -0.05) is 11.6 Å². The lowest BCUT2D eigenvalue weighted by Gasteiger charge is -2.45. The van der Waals surface area contributed by atoms with Gasteiger partial charge in [-0.25, -0.2) is 17.2 Å². The van der Waals surface area contributed by atoms with Crippen molar-refractivity contribution in [3.8, 4) is 0 Å². The van der Waals surface area contributed by atoms with Gasteiger partial charge >= 0.3 is 0 Å². The molecule has 0 aromatic heterocycles. The summed E-state index contributed by atoms with van der Waals surface area (Å²) in [5.41, 5.74) is -0.870. The predicted octanol–water partition coefficient (Wildman–Crippen LogP) is 4.90. The molecular weight excluding hydrogens is 510 g/mol. The van der Waals surface area contributed by atoms with Crippen molar-refractivity contribution in [1.29, 1.82) is 0 Å². The van der Waals surface area contributed by atoms with Crippen LogP contribution >= 0.6 is 11.6 Å². The Balaban J connectivity index is 1.56. The molecule has 2 bridgehead atoms. The number of hydrogen-bond donors (Lipinski definition) is 2. The number of nitrogens with one attached hydrogen (secondary N) is 1. The largest absolute Gasteiger partial charge is 0.388 e. The lowest BCUT2D eigenvalue weighted by Crippen LogP contribution is -2.55. The van der Waals surface area contributed by atoms with E-state index >= 15 is 0 Å². The number of hydrogen-bond acceptors (Lipinski definition) is 5. The van der Waals surface area contributed by atoms with Crippen molar-refractivity contribution < 1.29 is 27.1 Å². The number of carbonyl (C=O) groups excluding carboxylic acids is 1. The van der Waals surface area contributed by atoms with Crippen LogP contribution in [-0.4, -0.2) is 54.8 Å². The highest BCUT2D eigenvalue weighted by Crippen LogP contribution is 2.52. The molecule has 2 aromatic rings. The summed E-state index contributed by atoms with van der Waals surface area (Å²) >= 11 is 6.29. The Morgan fingerprint density at radius 3 is 2.36 bits per heavy atom. The molecule has 2 aromatic carbocycles. The van der Waals surface area contributed by atoms with Crippen molar-refractivity contribution >= 4 is 33.0 Å². The Kier molecular flexibility index (Phi) is 7.50. The van der Waals surface area contributed by atoms with Crippen molar-refractivity contribution in [2.45, 2.75) is 61.3 Å². The molecule has 36 heavy (non-hydrogen) atoms. The first-order chi connectivity index (χ1) is 16.8. The van der Waals surface area contributed by atoms with Gasteiger partial charge in [-0.3, -0.25) is 4.79 Å². The molecule has 2 N–H and O–H groups in total. The van der Waals surface area contributed by atoms with Crippen LogP contribution in [0.2, 0.25) is 5.02 Å². The number of likely N-dealkylation sites (N-methyl/N-ethyl adjacent to an activating group) is 1. The molecule has 0 spiro atoms. The molecule has 2 aliphatic carbocycles. The lowest BCUT2D eigenvalue weighted by molar-refractivity contribution is -0.0806. The second-order valence-electron chi connectivity index (χ2n) is 10.3. The topological polar surface area (TPSA) is 86.7 Å². The van der Waals surface area contributed by atoms with Gasteiger partial charge < -0.3 is 15.3 Å². The summed E-state index contributed by atoms with van der Waals surface area (Å²) < 4.78 is 54.1. The number of amides is 1. The Morgan fingerprint density at radius 1 is 1.14 bits per heavy atom. The monoisotopic (exact) mass is 540 g/mol. The first-order valence-electron chi connectivity index (χ1n) is 12.1. The fourth-order valence-corrected chi connectivity index (χ4v) is 7.93. The second-order valence-corrected chi connectivity index (χ2v) is 12.9. The van der Waals surface area contributed by atoms with Gasteiger partial charge in [0.2, 0.25) is 0 Å². The molecule has 0 radical (unpaired) electrons. The minimum absolute atomic E-state index is 0.00657. The van der Waals surface area contributed by atoms with E-state index in [0.717, 1.165) is 25.0 Å². The minimum atomic E-state index is -3.90. The maximum Gasteiger partial charge on any atom is 0.255 e. The Bertz CT molecular complexity index is 1260. The lowest BCUT2D eigenvalue weighted by atomic mass is 9.74. The highest BCUT2D eigenvalue weighted by molar-refractivity contribution is 7.92. The van der Waals surface area contributed by atoms with E-state index in [1.165, 1.54) is 24.3 Å². The van der Waals surface area contributed by atoms with E-state index in [2.05, 4.69) is 24.1 Å². The standard InChI is InChI=1S/C26H31ClF2N2O4S/c1-15(2)31(3)14-26(33)17-5-6-18(26)12-20(11-17)36(34,35)24-10-16(4-8-21(24)27)25(32)30-19-7-9-22(28)23(29)13-19/h4,7-10,13,15,17-18,20,33H,5-6,11-12,14H2,1-3H3,(H,30,32)/t17-,18?,20-,26-/m0/s1. The summed E-state index contributed by atoms with van der Waals surface area (Å²) in [5, 5.41) is 13.3. The zero-order chi connectivity index (χ0) is 26.4. The normalized spacial score (nSPS) is 26.0. The van der Waals surface area contributed by atoms with Crippen LogP contribution in [0, 0.1) is 23.5 Å². The van der Waals surface area contributed by atoms with Gasteiger partial charge in [0.15, 0.2) is 21.5 Å². The van der Waals surface area contributed by atoms with E-state index in [1.807, 2.05) is 7.05 Å². The van der Waals surface area contributed by atoms with Gasteiger partial charge in [0.1, 0.15) is 0 Å². The second kappa shape index (κ2) is 10.0. The zero-order valence-corrected chi connectivity index (χ0v) is 22.0. The van der Waals surface area contributed by atoms with E-state index in [0.29, 0.717) is 19.4 Å². The maximum absolute atomic E-state index is 13.7.